The van der Waals surface area contributed by atoms with Crippen LogP contribution in [0.2, 0.25) is 0 Å². The maximum Gasteiger partial charge on any atom is 0.263 e. The van der Waals surface area contributed by atoms with Crippen molar-refractivity contribution in [3.8, 4) is 5.75 Å². The van der Waals surface area contributed by atoms with E-state index in [9.17, 15) is 8.78 Å². The molecule has 0 aliphatic carbocycles. The number of hydrogen-bond acceptors (Lipinski definition) is 3. The molecule has 1 aliphatic heterocycles. The molecule has 0 spiro atoms. The van der Waals surface area contributed by atoms with Crippen molar-refractivity contribution >= 4 is 0 Å². The van der Waals surface area contributed by atoms with Gasteiger partial charge in [-0.25, -0.2) is 8.78 Å². The smallest absolute Gasteiger partial charge is 0.263 e. The van der Waals surface area contributed by atoms with E-state index in [1.165, 1.54) is 19.2 Å². The van der Waals surface area contributed by atoms with Gasteiger partial charge in [0.2, 0.25) is 0 Å². The van der Waals surface area contributed by atoms with Gasteiger partial charge >= 0.3 is 0 Å². The Hall–Kier alpha value is -1.20. The van der Waals surface area contributed by atoms with Crippen molar-refractivity contribution in [2.45, 2.75) is 12.5 Å². The quantitative estimate of drug-likeness (QED) is 0.883. The molecule has 1 aromatic carbocycles. The van der Waals surface area contributed by atoms with Gasteiger partial charge in [0.1, 0.15) is 5.75 Å². The van der Waals surface area contributed by atoms with Gasteiger partial charge in [-0.3, -0.25) is 0 Å². The van der Waals surface area contributed by atoms with E-state index in [1.54, 1.807) is 6.07 Å². The zero-order chi connectivity index (χ0) is 12.3. The molecule has 94 valence electrons. The van der Waals surface area contributed by atoms with E-state index in [0.29, 0.717) is 24.5 Å². The molecule has 17 heavy (non-hydrogen) atoms. The van der Waals surface area contributed by atoms with Gasteiger partial charge in [0, 0.05) is 24.2 Å². The van der Waals surface area contributed by atoms with E-state index in [4.69, 9.17) is 9.47 Å². The first-order chi connectivity index (χ1) is 8.22. The van der Waals surface area contributed by atoms with E-state index in [-0.39, 0.29) is 11.7 Å². The summed E-state index contributed by atoms with van der Waals surface area (Å²) in [5.74, 6) is 0.586. The summed E-state index contributed by atoms with van der Waals surface area (Å²) in [6.45, 7) is 1.98. The first kappa shape index (κ1) is 12.3. The fourth-order valence-corrected chi connectivity index (χ4v) is 1.91. The van der Waals surface area contributed by atoms with Crippen LogP contribution in [0.3, 0.4) is 0 Å². The molecule has 3 nitrogen and oxygen atoms in total. The summed E-state index contributed by atoms with van der Waals surface area (Å²) in [7, 11) is 1.52. The molecular formula is C12H15F2NO2. The lowest BCUT2D eigenvalue weighted by Gasteiger charge is -2.25. The van der Waals surface area contributed by atoms with E-state index in [1.807, 2.05) is 0 Å². The highest BCUT2D eigenvalue weighted by Gasteiger charge is 2.21. The van der Waals surface area contributed by atoms with Gasteiger partial charge in [-0.1, -0.05) is 0 Å². The molecule has 5 heteroatoms. The molecule has 1 N–H and O–H groups in total. The number of halogens is 2. The van der Waals surface area contributed by atoms with Crippen molar-refractivity contribution < 1.29 is 18.3 Å². The summed E-state index contributed by atoms with van der Waals surface area (Å²) >= 11 is 0. The molecule has 0 aromatic heterocycles. The summed E-state index contributed by atoms with van der Waals surface area (Å²) in [5.41, 5.74) is 0.674. The molecule has 1 aromatic rings. The zero-order valence-electron chi connectivity index (χ0n) is 9.58. The number of ether oxygens (including phenoxy) is 2. The molecule has 1 atom stereocenters. The van der Waals surface area contributed by atoms with Gasteiger partial charge in [-0.15, -0.1) is 0 Å². The van der Waals surface area contributed by atoms with Gasteiger partial charge < -0.3 is 14.8 Å². The van der Waals surface area contributed by atoms with Crippen LogP contribution in [0.4, 0.5) is 8.78 Å². The summed E-state index contributed by atoms with van der Waals surface area (Å²) < 4.78 is 36.0. The first-order valence-corrected chi connectivity index (χ1v) is 5.50. The Balaban J connectivity index is 2.30. The maximum atomic E-state index is 12.7. The molecule has 1 saturated heterocycles. The minimum absolute atomic E-state index is 0.00465. The van der Waals surface area contributed by atoms with Crippen LogP contribution in [0.15, 0.2) is 18.2 Å². The van der Waals surface area contributed by atoms with Crippen molar-refractivity contribution in [3.05, 3.63) is 29.3 Å². The highest BCUT2D eigenvalue weighted by Crippen LogP contribution is 2.32. The lowest BCUT2D eigenvalue weighted by atomic mass is 10.0. The van der Waals surface area contributed by atoms with E-state index in [2.05, 4.69) is 5.32 Å². The van der Waals surface area contributed by atoms with Crippen molar-refractivity contribution in [2.24, 2.45) is 0 Å². The van der Waals surface area contributed by atoms with Crippen LogP contribution >= 0.6 is 0 Å². The predicted molar refractivity (Wildman–Crippen MR) is 59.5 cm³/mol. The van der Waals surface area contributed by atoms with Crippen LogP contribution in [-0.2, 0) is 4.74 Å². The summed E-state index contributed by atoms with van der Waals surface area (Å²) in [6, 6.07) is 4.40. The number of methoxy groups -OCH3 is 1. The Morgan fingerprint density at radius 3 is 2.88 bits per heavy atom. The van der Waals surface area contributed by atoms with Crippen molar-refractivity contribution in [3.63, 3.8) is 0 Å². The zero-order valence-corrected chi connectivity index (χ0v) is 9.58. The van der Waals surface area contributed by atoms with Gasteiger partial charge in [0.05, 0.1) is 19.8 Å². The number of hydrogen-bond donors (Lipinski definition) is 1. The van der Waals surface area contributed by atoms with Crippen LogP contribution in [0, 0.1) is 0 Å². The molecule has 1 fully saturated rings. The lowest BCUT2D eigenvalue weighted by molar-refractivity contribution is 0.0260. The van der Waals surface area contributed by atoms with E-state index in [0.717, 1.165) is 6.54 Å². The van der Waals surface area contributed by atoms with Crippen LogP contribution in [-0.4, -0.2) is 26.8 Å². The van der Waals surface area contributed by atoms with E-state index < -0.39 is 6.43 Å². The average molecular weight is 243 g/mol. The number of benzene rings is 1. The summed E-state index contributed by atoms with van der Waals surface area (Å²) in [6.07, 6.45) is -2.70. The third-order valence-corrected chi connectivity index (χ3v) is 2.78. The molecule has 1 aliphatic rings. The number of alkyl halides is 2. The van der Waals surface area contributed by atoms with Crippen molar-refractivity contribution in [1.82, 2.24) is 5.32 Å². The largest absolute Gasteiger partial charge is 0.496 e. The molecule has 1 heterocycles. The van der Waals surface area contributed by atoms with Crippen LogP contribution < -0.4 is 10.1 Å². The average Bonchev–Trinajstić information content (AvgIpc) is 2.39. The maximum absolute atomic E-state index is 12.7. The fraction of sp³-hybridized carbons (Fsp3) is 0.500. The van der Waals surface area contributed by atoms with Gasteiger partial charge in [0.15, 0.2) is 0 Å². The van der Waals surface area contributed by atoms with Crippen molar-refractivity contribution in [2.75, 3.05) is 26.8 Å². The standard InChI is InChI=1S/C12H15F2NO2/c1-16-10-3-2-8(12(13)14)6-9(10)11-7-15-4-5-17-11/h2-3,6,11-12,15H,4-5,7H2,1H3. The van der Waals surface area contributed by atoms with E-state index >= 15 is 0 Å². The summed E-state index contributed by atoms with van der Waals surface area (Å²) in [4.78, 5) is 0. The minimum atomic E-state index is -2.48. The fourth-order valence-electron chi connectivity index (χ4n) is 1.91. The normalized spacial score (nSPS) is 20.6. The molecule has 1 unspecified atom stereocenters. The van der Waals surface area contributed by atoms with Crippen LogP contribution in [0.5, 0.6) is 5.75 Å². The SMILES string of the molecule is COc1ccc(C(F)F)cc1C1CNCCO1. The van der Waals surface area contributed by atoms with Crippen molar-refractivity contribution in [1.29, 1.82) is 0 Å². The molecule has 2 rings (SSSR count). The minimum Gasteiger partial charge on any atom is -0.496 e. The summed E-state index contributed by atoms with van der Waals surface area (Å²) in [5, 5.41) is 3.17. The lowest BCUT2D eigenvalue weighted by Crippen LogP contribution is -2.33. The van der Waals surface area contributed by atoms with Gasteiger partial charge in [-0.05, 0) is 18.2 Å². The number of morpholine rings is 1. The second-order valence-corrected chi connectivity index (χ2v) is 3.87. The Labute approximate surface area is 98.7 Å². The molecular weight excluding hydrogens is 228 g/mol. The highest BCUT2D eigenvalue weighted by atomic mass is 19.3. The Kier molecular flexibility index (Phi) is 3.91. The second-order valence-electron chi connectivity index (χ2n) is 3.87. The molecule has 0 radical (unpaired) electrons. The third kappa shape index (κ3) is 2.73. The van der Waals surface area contributed by atoms with Crippen LogP contribution in [0.1, 0.15) is 23.7 Å². The Morgan fingerprint density at radius 2 is 2.29 bits per heavy atom. The molecule has 0 saturated carbocycles. The van der Waals surface area contributed by atoms with Gasteiger partial charge in [-0.2, -0.15) is 0 Å². The monoisotopic (exact) mass is 243 g/mol. The second kappa shape index (κ2) is 5.42. The Morgan fingerprint density at radius 1 is 1.47 bits per heavy atom. The molecule has 0 amide bonds. The topological polar surface area (TPSA) is 30.5 Å². The highest BCUT2D eigenvalue weighted by molar-refractivity contribution is 5.39. The number of nitrogens with one attached hydrogen (secondary N) is 1. The predicted octanol–water partition coefficient (Wildman–Crippen LogP) is 2.29. The van der Waals surface area contributed by atoms with Gasteiger partial charge in [0.25, 0.3) is 6.43 Å². The first-order valence-electron chi connectivity index (χ1n) is 5.50. The molecule has 0 bridgehead atoms. The third-order valence-electron chi connectivity index (χ3n) is 2.78. The number of rotatable bonds is 3. The van der Waals surface area contributed by atoms with Crippen LogP contribution in [0.25, 0.3) is 0 Å². The Bertz CT molecular complexity index is 379.